The number of amides is 3. The molecular formula is C27H26F3N7O3. The number of aromatic amines is 1. The van der Waals surface area contributed by atoms with E-state index in [1.54, 1.807) is 24.3 Å². The van der Waals surface area contributed by atoms with E-state index in [0.29, 0.717) is 11.1 Å². The summed E-state index contributed by atoms with van der Waals surface area (Å²) < 4.78 is 41.1. The van der Waals surface area contributed by atoms with Crippen LogP contribution in [-0.2, 0) is 6.42 Å². The van der Waals surface area contributed by atoms with Crippen molar-refractivity contribution >= 4 is 23.6 Å². The topological polar surface area (TPSA) is 134 Å². The molecule has 0 spiro atoms. The molecule has 10 nitrogen and oxygen atoms in total. The summed E-state index contributed by atoms with van der Waals surface area (Å²) in [7, 11) is 0. The van der Waals surface area contributed by atoms with Gasteiger partial charge < -0.3 is 15.4 Å². The van der Waals surface area contributed by atoms with Gasteiger partial charge in [-0.05, 0) is 71.1 Å². The van der Waals surface area contributed by atoms with Crippen molar-refractivity contribution in [3.63, 3.8) is 0 Å². The van der Waals surface area contributed by atoms with Crippen molar-refractivity contribution < 1.29 is 27.5 Å². The predicted octanol–water partition coefficient (Wildman–Crippen LogP) is 5.60. The highest BCUT2D eigenvalue weighted by Crippen LogP contribution is 2.26. The zero-order valence-electron chi connectivity index (χ0n) is 21.3. The van der Waals surface area contributed by atoms with Gasteiger partial charge in [0.15, 0.2) is 0 Å². The van der Waals surface area contributed by atoms with Gasteiger partial charge >= 0.3 is 12.4 Å². The third kappa shape index (κ3) is 8.03. The number of urea groups is 1. The fraction of sp³-hybridized carbons (Fsp3) is 0.222. The minimum atomic E-state index is -4.81. The van der Waals surface area contributed by atoms with Gasteiger partial charge in [0.05, 0.1) is 6.04 Å². The number of nitrogens with one attached hydrogen (secondary N) is 4. The van der Waals surface area contributed by atoms with Crippen LogP contribution in [0.2, 0.25) is 0 Å². The number of carbonyl (C=O) groups excluding carboxylic acids is 2. The van der Waals surface area contributed by atoms with Crippen LogP contribution in [0.3, 0.4) is 0 Å². The highest BCUT2D eigenvalue weighted by molar-refractivity contribution is 6.03. The maximum Gasteiger partial charge on any atom is 0.573 e. The van der Waals surface area contributed by atoms with E-state index in [-0.39, 0.29) is 11.6 Å². The molecule has 4 N–H and O–H groups in total. The second kappa shape index (κ2) is 12.7. The lowest BCUT2D eigenvalue weighted by atomic mass is 9.96. The highest BCUT2D eigenvalue weighted by atomic mass is 19.4. The second-order valence-corrected chi connectivity index (χ2v) is 8.76. The van der Waals surface area contributed by atoms with Crippen LogP contribution in [0.1, 0.15) is 52.9 Å². The van der Waals surface area contributed by atoms with Crippen molar-refractivity contribution in [1.29, 1.82) is 0 Å². The number of alkyl halides is 3. The number of aryl methyl sites for hydroxylation is 1. The number of benzene rings is 3. The van der Waals surface area contributed by atoms with E-state index in [1.807, 2.05) is 24.3 Å². The lowest BCUT2D eigenvalue weighted by molar-refractivity contribution is -0.274. The third-order valence-electron chi connectivity index (χ3n) is 5.83. The van der Waals surface area contributed by atoms with E-state index >= 15 is 0 Å². The maximum atomic E-state index is 12.9. The number of hydrogen-bond donors (Lipinski definition) is 4. The smallest absolute Gasteiger partial charge is 0.406 e. The van der Waals surface area contributed by atoms with Crippen LogP contribution < -0.4 is 20.7 Å². The minimum absolute atomic E-state index is 0.0338. The van der Waals surface area contributed by atoms with Crippen LogP contribution in [0.5, 0.6) is 5.75 Å². The van der Waals surface area contributed by atoms with Crippen LogP contribution in [0.25, 0.3) is 0 Å². The summed E-state index contributed by atoms with van der Waals surface area (Å²) in [6.07, 6.45) is -1.74. The maximum absolute atomic E-state index is 12.9. The molecule has 0 aliphatic carbocycles. The second-order valence-electron chi connectivity index (χ2n) is 8.76. The molecule has 208 valence electrons. The average molecular weight is 554 g/mol. The summed E-state index contributed by atoms with van der Waals surface area (Å²) in [4.78, 5) is 25.4. The van der Waals surface area contributed by atoms with Gasteiger partial charge in [0.1, 0.15) is 5.75 Å². The molecule has 13 heteroatoms. The van der Waals surface area contributed by atoms with E-state index in [4.69, 9.17) is 0 Å². The predicted molar refractivity (Wildman–Crippen MR) is 141 cm³/mol. The van der Waals surface area contributed by atoms with Crippen molar-refractivity contribution in [3.8, 4) is 5.75 Å². The molecule has 0 aliphatic heterocycles. The molecular weight excluding hydrogens is 527 g/mol. The number of carbonyl (C=O) groups is 2. The lowest BCUT2D eigenvalue weighted by Gasteiger charge is -2.21. The zero-order valence-corrected chi connectivity index (χ0v) is 21.3. The van der Waals surface area contributed by atoms with Gasteiger partial charge in [-0.1, -0.05) is 54.8 Å². The normalized spacial score (nSPS) is 11.9. The van der Waals surface area contributed by atoms with Crippen molar-refractivity contribution in [1.82, 2.24) is 25.9 Å². The monoisotopic (exact) mass is 553 g/mol. The van der Waals surface area contributed by atoms with Crippen molar-refractivity contribution in [2.24, 2.45) is 0 Å². The van der Waals surface area contributed by atoms with Crippen molar-refractivity contribution in [2.75, 3.05) is 10.6 Å². The lowest BCUT2D eigenvalue weighted by Crippen LogP contribution is -2.33. The molecule has 1 unspecified atom stereocenters. The molecule has 1 atom stereocenters. The number of aromatic nitrogens is 4. The minimum Gasteiger partial charge on any atom is -0.406 e. The molecule has 40 heavy (non-hydrogen) atoms. The average Bonchev–Trinajstić information content (AvgIpc) is 3.44. The molecule has 4 aromatic rings. The Morgan fingerprint density at radius 3 is 2.15 bits per heavy atom. The number of tetrazole rings is 1. The number of unbranched alkanes of at least 4 members (excludes halogenated alkanes) is 1. The Bertz CT molecular complexity index is 1390. The van der Waals surface area contributed by atoms with Gasteiger partial charge in [0.2, 0.25) is 0 Å². The van der Waals surface area contributed by atoms with E-state index < -0.39 is 30.1 Å². The third-order valence-corrected chi connectivity index (χ3v) is 5.83. The Kier molecular flexibility index (Phi) is 8.94. The zero-order chi connectivity index (χ0) is 28.5. The molecule has 4 rings (SSSR count). The van der Waals surface area contributed by atoms with Crippen LogP contribution >= 0.6 is 0 Å². The molecule has 0 saturated heterocycles. The number of H-pyrrole nitrogens is 1. The van der Waals surface area contributed by atoms with Gasteiger partial charge in [0.25, 0.3) is 11.9 Å². The van der Waals surface area contributed by atoms with Crippen LogP contribution in [-0.4, -0.2) is 38.9 Å². The number of anilines is 2. The molecule has 3 amide bonds. The standard InChI is InChI=1S/C27H26F3N7O3/c1-2-3-4-17-5-7-18(8-6-17)23(19-9-11-20(12-10-19)24(38)33-25-34-36-37-35-25)32-26(39)31-21-13-15-22(16-14-21)40-27(28,29)30/h5-16,23H,2-4H2,1H3,(H2,31,32,39)(H2,33,34,35,36,37,38). The highest BCUT2D eigenvalue weighted by Gasteiger charge is 2.31. The number of halogens is 3. The van der Waals surface area contributed by atoms with Crippen LogP contribution in [0.4, 0.5) is 29.6 Å². The van der Waals surface area contributed by atoms with Crippen LogP contribution in [0, 0.1) is 0 Å². The Balaban J connectivity index is 1.51. The molecule has 3 aromatic carbocycles. The fourth-order valence-electron chi connectivity index (χ4n) is 3.87. The Labute approximate surface area is 227 Å². The summed E-state index contributed by atoms with van der Waals surface area (Å²) in [6, 6.07) is 18.1. The van der Waals surface area contributed by atoms with Crippen molar-refractivity contribution in [2.45, 2.75) is 38.6 Å². The molecule has 1 heterocycles. The molecule has 0 fully saturated rings. The first-order chi connectivity index (χ1) is 19.2. The molecule has 0 bridgehead atoms. The quantitative estimate of drug-likeness (QED) is 0.202. The van der Waals surface area contributed by atoms with Gasteiger partial charge in [-0.3, -0.25) is 10.1 Å². The van der Waals surface area contributed by atoms with E-state index in [9.17, 15) is 22.8 Å². The Morgan fingerprint density at radius 1 is 0.925 bits per heavy atom. The summed E-state index contributed by atoms with van der Waals surface area (Å²) in [5, 5.41) is 21.1. The summed E-state index contributed by atoms with van der Waals surface area (Å²) >= 11 is 0. The summed E-state index contributed by atoms with van der Waals surface area (Å²) in [5.41, 5.74) is 3.28. The molecule has 0 radical (unpaired) electrons. The van der Waals surface area contributed by atoms with E-state index in [0.717, 1.165) is 37.0 Å². The van der Waals surface area contributed by atoms with Crippen molar-refractivity contribution in [3.05, 3.63) is 95.1 Å². The first-order valence-corrected chi connectivity index (χ1v) is 12.4. The Morgan fingerprint density at radius 2 is 1.57 bits per heavy atom. The van der Waals surface area contributed by atoms with Crippen LogP contribution in [0.15, 0.2) is 72.8 Å². The Hall–Kier alpha value is -4.94. The number of nitrogens with zero attached hydrogens (tertiary/aromatic N) is 3. The van der Waals surface area contributed by atoms with Gasteiger partial charge in [-0.2, -0.15) is 5.21 Å². The number of rotatable bonds is 10. The number of hydrogen-bond acceptors (Lipinski definition) is 6. The SMILES string of the molecule is CCCCc1ccc(C(NC(=O)Nc2ccc(OC(F)(F)F)cc2)c2ccc(C(=O)Nc3nn[nH]n3)cc2)cc1. The fourth-order valence-corrected chi connectivity index (χ4v) is 3.87. The largest absolute Gasteiger partial charge is 0.573 e. The number of ether oxygens (including phenoxy) is 1. The van der Waals surface area contributed by atoms with Gasteiger partial charge in [-0.15, -0.1) is 18.3 Å². The molecule has 1 aromatic heterocycles. The first-order valence-electron chi connectivity index (χ1n) is 12.4. The molecule has 0 aliphatic rings. The van der Waals surface area contributed by atoms with E-state index in [2.05, 4.69) is 48.2 Å². The first kappa shape index (κ1) is 28.1. The summed E-state index contributed by atoms with van der Waals surface area (Å²) in [5.74, 6) is -0.803. The molecule has 0 saturated carbocycles. The summed E-state index contributed by atoms with van der Waals surface area (Å²) in [6.45, 7) is 2.12. The van der Waals surface area contributed by atoms with E-state index in [1.165, 1.54) is 17.7 Å². The van der Waals surface area contributed by atoms with Gasteiger partial charge in [0, 0.05) is 11.3 Å². The van der Waals surface area contributed by atoms with Gasteiger partial charge in [-0.25, -0.2) is 4.79 Å².